The third-order valence-corrected chi connectivity index (χ3v) is 3.26. The molecular formula is C15H17NO3. The van der Waals surface area contributed by atoms with E-state index in [9.17, 15) is 9.59 Å². The van der Waals surface area contributed by atoms with E-state index in [4.69, 9.17) is 4.74 Å². The molecule has 4 heteroatoms. The molecule has 0 radical (unpaired) electrons. The van der Waals surface area contributed by atoms with Gasteiger partial charge in [-0.3, -0.25) is 4.79 Å². The van der Waals surface area contributed by atoms with Crippen LogP contribution in [0.4, 0.5) is 0 Å². The molecule has 19 heavy (non-hydrogen) atoms. The van der Waals surface area contributed by atoms with Gasteiger partial charge in [0.05, 0.1) is 12.7 Å². The maximum Gasteiger partial charge on any atom is 0.337 e. The number of rotatable bonds is 2. The van der Waals surface area contributed by atoms with E-state index in [-0.39, 0.29) is 11.5 Å². The molecule has 0 atom stereocenters. The monoisotopic (exact) mass is 259 g/mol. The minimum absolute atomic E-state index is 0.0594. The fourth-order valence-electron chi connectivity index (χ4n) is 2.20. The maximum absolute atomic E-state index is 12.1. The molecule has 1 heterocycles. The molecule has 0 saturated heterocycles. The number of esters is 1. The number of benzene rings is 1. The van der Waals surface area contributed by atoms with Crippen molar-refractivity contribution in [2.24, 2.45) is 7.05 Å². The highest BCUT2D eigenvalue weighted by Gasteiger charge is 2.13. The van der Waals surface area contributed by atoms with E-state index in [2.05, 4.69) is 13.8 Å². The maximum atomic E-state index is 12.1. The highest BCUT2D eigenvalue weighted by Crippen LogP contribution is 2.24. The fraction of sp³-hybridized carbons (Fsp3) is 0.333. The quantitative estimate of drug-likeness (QED) is 0.778. The van der Waals surface area contributed by atoms with Gasteiger partial charge in [0.25, 0.3) is 5.56 Å². The van der Waals surface area contributed by atoms with Gasteiger partial charge >= 0.3 is 5.97 Å². The number of aryl methyl sites for hydroxylation is 1. The second-order valence-electron chi connectivity index (χ2n) is 4.91. The lowest BCUT2D eigenvalue weighted by Gasteiger charge is -2.13. The van der Waals surface area contributed by atoms with E-state index in [0.717, 1.165) is 10.9 Å². The van der Waals surface area contributed by atoms with E-state index in [0.29, 0.717) is 10.9 Å². The van der Waals surface area contributed by atoms with E-state index >= 15 is 0 Å². The van der Waals surface area contributed by atoms with Crippen LogP contribution in [0.1, 0.15) is 35.7 Å². The number of fused-ring (bicyclic) bond motifs is 1. The Kier molecular flexibility index (Phi) is 3.42. The lowest BCUT2D eigenvalue weighted by Crippen LogP contribution is -2.18. The van der Waals surface area contributed by atoms with Crippen molar-refractivity contribution in [3.63, 3.8) is 0 Å². The lowest BCUT2D eigenvalue weighted by atomic mass is 9.97. The fourth-order valence-corrected chi connectivity index (χ4v) is 2.20. The van der Waals surface area contributed by atoms with Crippen LogP contribution in [0, 0.1) is 0 Å². The Bertz CT molecular complexity index is 698. The van der Waals surface area contributed by atoms with E-state index in [1.165, 1.54) is 7.11 Å². The number of ether oxygens (including phenoxy) is 1. The minimum Gasteiger partial charge on any atom is -0.465 e. The highest BCUT2D eigenvalue weighted by molar-refractivity contribution is 5.96. The summed E-state index contributed by atoms with van der Waals surface area (Å²) in [5.41, 5.74) is 1.45. The Balaban J connectivity index is 2.83. The summed E-state index contributed by atoms with van der Waals surface area (Å²) in [4.78, 5) is 23.7. The number of pyridine rings is 1. The highest BCUT2D eigenvalue weighted by atomic mass is 16.5. The van der Waals surface area contributed by atoms with Crippen molar-refractivity contribution < 1.29 is 9.53 Å². The second kappa shape index (κ2) is 4.88. The molecule has 0 spiro atoms. The van der Waals surface area contributed by atoms with E-state index in [1.54, 1.807) is 29.8 Å². The Morgan fingerprint density at radius 3 is 2.53 bits per heavy atom. The first-order chi connectivity index (χ1) is 8.95. The van der Waals surface area contributed by atoms with Crippen molar-refractivity contribution in [1.82, 2.24) is 4.57 Å². The lowest BCUT2D eigenvalue weighted by molar-refractivity contribution is 0.0601. The molecule has 1 aromatic heterocycles. The zero-order chi connectivity index (χ0) is 14.2. The van der Waals surface area contributed by atoms with Gasteiger partial charge in [-0.2, -0.15) is 0 Å². The Labute approximate surface area is 111 Å². The second-order valence-corrected chi connectivity index (χ2v) is 4.91. The van der Waals surface area contributed by atoms with Crippen LogP contribution in [0.2, 0.25) is 0 Å². The van der Waals surface area contributed by atoms with Gasteiger partial charge in [-0.25, -0.2) is 4.79 Å². The predicted octanol–water partition coefficient (Wildman–Crippen LogP) is 2.45. The SMILES string of the molecule is COC(=O)c1ccc2c(=O)n(C)cc(C(C)C)c2c1. The van der Waals surface area contributed by atoms with Crippen molar-refractivity contribution in [3.8, 4) is 0 Å². The smallest absolute Gasteiger partial charge is 0.337 e. The molecule has 0 bridgehead atoms. The normalized spacial score (nSPS) is 11.0. The van der Waals surface area contributed by atoms with Crippen molar-refractivity contribution >= 4 is 16.7 Å². The number of carbonyl (C=O) groups excluding carboxylic acids is 1. The van der Waals surface area contributed by atoms with E-state index < -0.39 is 5.97 Å². The third-order valence-electron chi connectivity index (χ3n) is 3.26. The number of methoxy groups -OCH3 is 1. The molecule has 0 unspecified atom stereocenters. The average Bonchev–Trinajstić information content (AvgIpc) is 2.41. The molecule has 0 aliphatic carbocycles. The van der Waals surface area contributed by atoms with Crippen LogP contribution in [0.3, 0.4) is 0 Å². The molecule has 0 N–H and O–H groups in total. The molecule has 2 aromatic rings. The number of hydrogen-bond acceptors (Lipinski definition) is 3. The first kappa shape index (κ1) is 13.3. The standard InChI is InChI=1S/C15H17NO3/c1-9(2)13-8-16(3)14(17)11-6-5-10(7-12(11)13)15(18)19-4/h5-9H,1-4H3. The first-order valence-corrected chi connectivity index (χ1v) is 6.17. The van der Waals surface area contributed by atoms with Crippen LogP contribution in [0.25, 0.3) is 10.8 Å². The van der Waals surface area contributed by atoms with Gasteiger partial charge in [-0.05, 0) is 35.1 Å². The molecule has 4 nitrogen and oxygen atoms in total. The topological polar surface area (TPSA) is 48.3 Å². The molecule has 100 valence electrons. The number of nitrogens with zero attached hydrogens (tertiary/aromatic N) is 1. The first-order valence-electron chi connectivity index (χ1n) is 6.17. The zero-order valence-corrected chi connectivity index (χ0v) is 11.6. The summed E-state index contributed by atoms with van der Waals surface area (Å²) in [5, 5.41) is 1.45. The van der Waals surface area contributed by atoms with Gasteiger partial charge in [-0.15, -0.1) is 0 Å². The van der Waals surface area contributed by atoms with Gasteiger partial charge in [0.15, 0.2) is 0 Å². The Hall–Kier alpha value is -2.10. The predicted molar refractivity (Wildman–Crippen MR) is 74.6 cm³/mol. The van der Waals surface area contributed by atoms with Gasteiger partial charge in [-0.1, -0.05) is 13.8 Å². The van der Waals surface area contributed by atoms with Gasteiger partial charge in [0.2, 0.25) is 0 Å². The van der Waals surface area contributed by atoms with Gasteiger partial charge in [0.1, 0.15) is 0 Å². The summed E-state index contributed by atoms with van der Waals surface area (Å²) >= 11 is 0. The largest absolute Gasteiger partial charge is 0.465 e. The van der Waals surface area contributed by atoms with Crippen LogP contribution >= 0.6 is 0 Å². The summed E-state index contributed by atoms with van der Waals surface area (Å²) < 4.78 is 6.30. The Morgan fingerprint density at radius 2 is 1.95 bits per heavy atom. The molecule has 2 rings (SSSR count). The molecular weight excluding hydrogens is 242 g/mol. The van der Waals surface area contributed by atoms with Crippen LogP contribution in [0.15, 0.2) is 29.2 Å². The average molecular weight is 259 g/mol. The number of hydrogen-bond donors (Lipinski definition) is 0. The number of aromatic nitrogens is 1. The van der Waals surface area contributed by atoms with Crippen LogP contribution in [0.5, 0.6) is 0 Å². The van der Waals surface area contributed by atoms with Crippen LogP contribution in [-0.2, 0) is 11.8 Å². The minimum atomic E-state index is -0.391. The summed E-state index contributed by atoms with van der Waals surface area (Å²) in [6.45, 7) is 4.12. The molecule has 0 fully saturated rings. The van der Waals surface area contributed by atoms with Crippen molar-refractivity contribution in [3.05, 3.63) is 45.9 Å². The van der Waals surface area contributed by atoms with E-state index in [1.807, 2.05) is 6.20 Å². The zero-order valence-electron chi connectivity index (χ0n) is 11.6. The summed E-state index contributed by atoms with van der Waals surface area (Å²) in [5.74, 6) is -0.125. The molecule has 1 aromatic carbocycles. The van der Waals surface area contributed by atoms with Gasteiger partial charge in [0, 0.05) is 18.6 Å². The molecule has 0 amide bonds. The van der Waals surface area contributed by atoms with Crippen LogP contribution < -0.4 is 5.56 Å². The molecule has 0 saturated carbocycles. The van der Waals surface area contributed by atoms with Crippen molar-refractivity contribution in [1.29, 1.82) is 0 Å². The molecule has 0 aliphatic rings. The van der Waals surface area contributed by atoms with Gasteiger partial charge < -0.3 is 9.30 Å². The summed E-state index contributed by atoms with van der Waals surface area (Å²) in [7, 11) is 3.09. The molecule has 0 aliphatic heterocycles. The van der Waals surface area contributed by atoms with Crippen molar-refractivity contribution in [2.45, 2.75) is 19.8 Å². The Morgan fingerprint density at radius 1 is 1.26 bits per heavy atom. The third kappa shape index (κ3) is 2.26. The van der Waals surface area contributed by atoms with Crippen molar-refractivity contribution in [2.75, 3.05) is 7.11 Å². The number of carbonyl (C=O) groups is 1. The summed E-state index contributed by atoms with van der Waals surface area (Å²) in [6, 6.07) is 5.05. The summed E-state index contributed by atoms with van der Waals surface area (Å²) in [6.07, 6.45) is 1.83. The van der Waals surface area contributed by atoms with Crippen LogP contribution in [-0.4, -0.2) is 17.6 Å².